The maximum absolute atomic E-state index is 13.5. The zero-order valence-electron chi connectivity index (χ0n) is 13.7. The Labute approximate surface area is 143 Å². The highest BCUT2D eigenvalue weighted by atomic mass is 19.4. The molecule has 2 nitrogen and oxygen atoms in total. The molecule has 0 aromatic heterocycles. The normalized spacial score (nSPS) is 30.9. The standard InChI is InChI=1S/C18H21F5N2/c19-17(20)7-12(8-17)16(25-14-5-6-15(25)10-24-9-14)11-1-3-13(4-2-11)18(21,22)23/h1-4,12,14-16,24H,5-10H2/t14-,15+,16?. The van der Waals surface area contributed by atoms with Gasteiger partial charge in [-0.15, -0.1) is 0 Å². The molecule has 0 spiro atoms. The van der Waals surface area contributed by atoms with E-state index in [2.05, 4.69) is 10.2 Å². The summed E-state index contributed by atoms with van der Waals surface area (Å²) >= 11 is 0. The largest absolute Gasteiger partial charge is 0.416 e. The second kappa shape index (κ2) is 5.91. The fourth-order valence-corrected chi connectivity index (χ4v) is 4.75. The molecular formula is C18H21F5N2. The van der Waals surface area contributed by atoms with E-state index in [-0.39, 0.29) is 36.9 Å². The minimum absolute atomic E-state index is 0.179. The van der Waals surface area contributed by atoms with E-state index < -0.39 is 17.7 Å². The lowest BCUT2D eigenvalue weighted by molar-refractivity contribution is -0.138. The Balaban J connectivity index is 1.64. The van der Waals surface area contributed by atoms with Gasteiger partial charge in [-0.3, -0.25) is 4.90 Å². The number of fused-ring (bicyclic) bond motifs is 2. The van der Waals surface area contributed by atoms with Crippen LogP contribution in [-0.2, 0) is 6.18 Å². The molecule has 3 atom stereocenters. The second-order valence-corrected chi connectivity index (χ2v) is 7.58. The van der Waals surface area contributed by atoms with E-state index in [0.29, 0.717) is 0 Å². The van der Waals surface area contributed by atoms with E-state index in [1.165, 1.54) is 12.1 Å². The molecule has 25 heavy (non-hydrogen) atoms. The molecule has 0 radical (unpaired) electrons. The Hall–Kier alpha value is -1.21. The van der Waals surface area contributed by atoms with Crippen molar-refractivity contribution in [1.29, 1.82) is 0 Å². The molecule has 2 bridgehead atoms. The van der Waals surface area contributed by atoms with Crippen molar-refractivity contribution in [3.8, 4) is 0 Å². The molecule has 1 saturated carbocycles. The Morgan fingerprint density at radius 3 is 2.04 bits per heavy atom. The summed E-state index contributed by atoms with van der Waals surface area (Å²) in [5.41, 5.74) is 0.0320. The molecular weight excluding hydrogens is 339 g/mol. The van der Waals surface area contributed by atoms with Crippen molar-refractivity contribution in [3.63, 3.8) is 0 Å². The van der Waals surface area contributed by atoms with Crippen LogP contribution in [0.5, 0.6) is 0 Å². The highest BCUT2D eigenvalue weighted by Gasteiger charge is 2.53. The first-order valence-electron chi connectivity index (χ1n) is 8.78. The van der Waals surface area contributed by atoms with Crippen LogP contribution in [0.2, 0.25) is 0 Å². The SMILES string of the molecule is FC1(F)CC(C(c2ccc(C(F)(F)F)cc2)N2[C@@H]3CC[C@H]2CNC3)C1. The lowest BCUT2D eigenvalue weighted by atomic mass is 9.73. The van der Waals surface area contributed by atoms with Crippen molar-refractivity contribution in [2.45, 2.75) is 55.9 Å². The lowest BCUT2D eigenvalue weighted by Gasteiger charge is -2.49. The average molecular weight is 360 g/mol. The Bertz CT molecular complexity index is 603. The Morgan fingerprint density at radius 1 is 1.00 bits per heavy atom. The fourth-order valence-electron chi connectivity index (χ4n) is 4.75. The maximum Gasteiger partial charge on any atom is 0.416 e. The Kier molecular flexibility index (Phi) is 4.07. The molecule has 1 unspecified atom stereocenters. The average Bonchev–Trinajstić information content (AvgIpc) is 2.75. The van der Waals surface area contributed by atoms with Crippen LogP contribution >= 0.6 is 0 Å². The highest BCUT2D eigenvalue weighted by Crippen LogP contribution is 2.52. The summed E-state index contributed by atoms with van der Waals surface area (Å²) in [6.45, 7) is 1.63. The van der Waals surface area contributed by atoms with Gasteiger partial charge in [0.25, 0.3) is 0 Å². The smallest absolute Gasteiger partial charge is 0.314 e. The number of hydrogen-bond donors (Lipinski definition) is 1. The highest BCUT2D eigenvalue weighted by molar-refractivity contribution is 5.29. The first-order valence-corrected chi connectivity index (χ1v) is 8.78. The zero-order valence-corrected chi connectivity index (χ0v) is 13.7. The molecule has 7 heteroatoms. The minimum Gasteiger partial charge on any atom is -0.314 e. The second-order valence-electron chi connectivity index (χ2n) is 7.58. The first kappa shape index (κ1) is 17.2. The number of piperazine rings is 1. The topological polar surface area (TPSA) is 15.3 Å². The molecule has 1 N–H and O–H groups in total. The van der Waals surface area contributed by atoms with E-state index in [9.17, 15) is 22.0 Å². The van der Waals surface area contributed by atoms with Crippen molar-refractivity contribution in [3.05, 3.63) is 35.4 Å². The molecule has 1 aromatic rings. The fraction of sp³-hybridized carbons (Fsp3) is 0.667. The monoisotopic (exact) mass is 360 g/mol. The lowest BCUT2D eigenvalue weighted by Crippen LogP contribution is -2.56. The molecule has 4 rings (SSSR count). The van der Waals surface area contributed by atoms with E-state index in [4.69, 9.17) is 0 Å². The quantitative estimate of drug-likeness (QED) is 0.812. The summed E-state index contributed by atoms with van der Waals surface area (Å²) in [7, 11) is 0. The third-order valence-electron chi connectivity index (χ3n) is 5.91. The molecule has 3 aliphatic rings. The molecule has 2 heterocycles. The third kappa shape index (κ3) is 3.16. The summed E-state index contributed by atoms with van der Waals surface area (Å²) in [5.74, 6) is -2.84. The van der Waals surface area contributed by atoms with Gasteiger partial charge in [-0.25, -0.2) is 8.78 Å². The summed E-state index contributed by atoms with van der Waals surface area (Å²) < 4.78 is 65.5. The molecule has 1 aliphatic carbocycles. The van der Waals surface area contributed by atoms with Crippen molar-refractivity contribution in [2.75, 3.05) is 13.1 Å². The number of hydrogen-bond acceptors (Lipinski definition) is 2. The predicted octanol–water partition coefficient (Wildman–Crippen LogP) is 4.23. The van der Waals surface area contributed by atoms with Crippen LogP contribution in [0.25, 0.3) is 0 Å². The van der Waals surface area contributed by atoms with Gasteiger partial charge in [0, 0.05) is 44.1 Å². The van der Waals surface area contributed by atoms with Gasteiger partial charge in [0.05, 0.1) is 5.56 Å². The maximum atomic E-state index is 13.5. The van der Waals surface area contributed by atoms with Crippen molar-refractivity contribution < 1.29 is 22.0 Å². The van der Waals surface area contributed by atoms with Gasteiger partial charge in [0.1, 0.15) is 0 Å². The number of halogens is 5. The molecule has 2 saturated heterocycles. The number of nitrogens with one attached hydrogen (secondary N) is 1. The van der Waals surface area contributed by atoms with E-state index in [1.807, 2.05) is 0 Å². The number of alkyl halides is 5. The van der Waals surface area contributed by atoms with Crippen LogP contribution in [0.4, 0.5) is 22.0 Å². The van der Waals surface area contributed by atoms with Crippen molar-refractivity contribution in [2.24, 2.45) is 5.92 Å². The molecule has 1 aromatic carbocycles. The van der Waals surface area contributed by atoms with Gasteiger partial charge >= 0.3 is 6.18 Å². The summed E-state index contributed by atoms with van der Waals surface area (Å²) in [6, 6.07) is 5.44. The Morgan fingerprint density at radius 2 is 1.56 bits per heavy atom. The number of benzene rings is 1. The molecule has 0 amide bonds. The van der Waals surface area contributed by atoms with Crippen LogP contribution in [0, 0.1) is 5.92 Å². The minimum atomic E-state index is -4.38. The predicted molar refractivity (Wildman–Crippen MR) is 83.4 cm³/mol. The van der Waals surface area contributed by atoms with Crippen LogP contribution in [-0.4, -0.2) is 36.0 Å². The number of nitrogens with zero attached hydrogens (tertiary/aromatic N) is 1. The van der Waals surface area contributed by atoms with Crippen LogP contribution in [0.15, 0.2) is 24.3 Å². The molecule has 2 aliphatic heterocycles. The van der Waals surface area contributed by atoms with Gasteiger partial charge < -0.3 is 5.32 Å². The van der Waals surface area contributed by atoms with Crippen LogP contribution < -0.4 is 5.32 Å². The first-order chi connectivity index (χ1) is 11.7. The van der Waals surface area contributed by atoms with Crippen LogP contribution in [0.3, 0.4) is 0 Å². The van der Waals surface area contributed by atoms with E-state index >= 15 is 0 Å². The van der Waals surface area contributed by atoms with E-state index in [1.54, 1.807) is 0 Å². The van der Waals surface area contributed by atoms with Crippen molar-refractivity contribution >= 4 is 0 Å². The summed E-state index contributed by atoms with van der Waals surface area (Å²) in [5, 5.41) is 3.36. The van der Waals surface area contributed by atoms with Gasteiger partial charge in [-0.05, 0) is 36.5 Å². The number of rotatable bonds is 3. The van der Waals surface area contributed by atoms with Crippen LogP contribution in [0.1, 0.15) is 42.9 Å². The summed E-state index contributed by atoms with van der Waals surface area (Å²) in [4.78, 5) is 2.30. The van der Waals surface area contributed by atoms with Crippen molar-refractivity contribution in [1.82, 2.24) is 10.2 Å². The van der Waals surface area contributed by atoms with Gasteiger partial charge in [-0.1, -0.05) is 12.1 Å². The summed E-state index contributed by atoms with van der Waals surface area (Å²) in [6.07, 6.45) is -2.72. The van der Waals surface area contributed by atoms with Gasteiger partial charge in [-0.2, -0.15) is 13.2 Å². The van der Waals surface area contributed by atoms with Gasteiger partial charge in [0.2, 0.25) is 5.92 Å². The third-order valence-corrected chi connectivity index (χ3v) is 5.91. The van der Waals surface area contributed by atoms with E-state index in [0.717, 1.165) is 43.6 Å². The molecule has 3 fully saturated rings. The molecule has 138 valence electrons. The van der Waals surface area contributed by atoms with Gasteiger partial charge in [0.15, 0.2) is 0 Å². The zero-order chi connectivity index (χ0) is 17.8.